The van der Waals surface area contributed by atoms with Gasteiger partial charge in [0.25, 0.3) is 0 Å². The Labute approximate surface area is 171 Å². The van der Waals surface area contributed by atoms with E-state index in [1.54, 1.807) is 13.1 Å². The lowest BCUT2D eigenvalue weighted by atomic mass is 10.0. The Hall–Kier alpha value is -1.22. The first kappa shape index (κ1) is 21.1. The zero-order chi connectivity index (χ0) is 17.8. The van der Waals surface area contributed by atoms with Gasteiger partial charge >= 0.3 is 0 Å². The highest BCUT2D eigenvalue weighted by atomic mass is 127. The number of hydrogen-bond acceptors (Lipinski definition) is 2. The van der Waals surface area contributed by atoms with Crippen LogP contribution in [0, 0.1) is 11.6 Å². The van der Waals surface area contributed by atoms with Crippen LogP contribution in [-0.4, -0.2) is 61.6 Å². The minimum Gasteiger partial charge on any atom is -0.356 e. The molecule has 0 aromatic heterocycles. The summed E-state index contributed by atoms with van der Waals surface area (Å²) in [6.45, 7) is 6.66. The molecule has 2 aliphatic heterocycles. The Morgan fingerprint density at radius 2 is 2.00 bits per heavy atom. The first-order valence-electron chi connectivity index (χ1n) is 8.88. The summed E-state index contributed by atoms with van der Waals surface area (Å²) in [5, 5.41) is 3.38. The van der Waals surface area contributed by atoms with Crippen molar-refractivity contribution in [2.75, 3.05) is 39.8 Å². The molecule has 2 aliphatic rings. The topological polar surface area (TPSA) is 30.9 Å². The Kier molecular flexibility index (Phi) is 7.82. The fraction of sp³-hybridized carbons (Fsp3) is 0.526. The van der Waals surface area contributed by atoms with E-state index in [4.69, 9.17) is 0 Å². The molecule has 2 unspecified atom stereocenters. The van der Waals surface area contributed by atoms with Crippen LogP contribution in [0.3, 0.4) is 0 Å². The molecule has 0 aliphatic carbocycles. The number of halogens is 3. The minimum atomic E-state index is -0.806. The molecule has 7 heteroatoms. The quantitative estimate of drug-likeness (QED) is 0.314. The van der Waals surface area contributed by atoms with Crippen LogP contribution in [0.5, 0.6) is 0 Å². The van der Waals surface area contributed by atoms with Crippen molar-refractivity contribution in [3.05, 3.63) is 47.5 Å². The van der Waals surface area contributed by atoms with Gasteiger partial charge in [-0.05, 0) is 30.0 Å². The number of nitrogens with zero attached hydrogens (tertiary/aromatic N) is 3. The fourth-order valence-electron chi connectivity index (χ4n) is 3.54. The van der Waals surface area contributed by atoms with Gasteiger partial charge in [0.2, 0.25) is 0 Å². The van der Waals surface area contributed by atoms with E-state index in [1.165, 1.54) is 12.1 Å². The van der Waals surface area contributed by atoms with E-state index in [0.717, 1.165) is 44.1 Å². The molecule has 0 saturated carbocycles. The van der Waals surface area contributed by atoms with Crippen molar-refractivity contribution in [2.45, 2.75) is 25.3 Å². The van der Waals surface area contributed by atoms with E-state index in [2.05, 4.69) is 32.3 Å². The lowest BCUT2D eigenvalue weighted by molar-refractivity contribution is 0.259. The van der Waals surface area contributed by atoms with Crippen LogP contribution in [0.25, 0.3) is 0 Å². The van der Waals surface area contributed by atoms with Crippen molar-refractivity contribution in [3.8, 4) is 0 Å². The van der Waals surface area contributed by atoms with E-state index in [-0.39, 0.29) is 29.9 Å². The third kappa shape index (κ3) is 4.94. The Bertz CT molecular complexity index is 657. The number of nitrogens with one attached hydrogen (secondary N) is 1. The Morgan fingerprint density at radius 3 is 2.65 bits per heavy atom. The van der Waals surface area contributed by atoms with Crippen molar-refractivity contribution >= 4 is 29.9 Å². The summed E-state index contributed by atoms with van der Waals surface area (Å²) >= 11 is 0. The van der Waals surface area contributed by atoms with E-state index in [9.17, 15) is 8.78 Å². The lowest BCUT2D eigenvalue weighted by Gasteiger charge is -2.26. The van der Waals surface area contributed by atoms with Crippen molar-refractivity contribution in [2.24, 2.45) is 4.99 Å². The summed E-state index contributed by atoms with van der Waals surface area (Å²) in [5.41, 5.74) is 0.782. The first-order chi connectivity index (χ1) is 12.1. The summed E-state index contributed by atoms with van der Waals surface area (Å²) < 4.78 is 26.5. The van der Waals surface area contributed by atoms with Gasteiger partial charge in [0, 0.05) is 45.8 Å². The molecule has 0 spiro atoms. The molecule has 1 aromatic rings. The van der Waals surface area contributed by atoms with Gasteiger partial charge in [-0.2, -0.15) is 0 Å². The van der Waals surface area contributed by atoms with Gasteiger partial charge in [-0.15, -0.1) is 24.0 Å². The fourth-order valence-corrected chi connectivity index (χ4v) is 3.54. The molecular weight excluding hydrogens is 449 g/mol. The average molecular weight is 476 g/mol. The molecule has 1 fully saturated rings. The lowest BCUT2D eigenvalue weighted by Crippen LogP contribution is -2.43. The molecule has 0 bridgehead atoms. The van der Waals surface area contributed by atoms with Gasteiger partial charge in [-0.25, -0.2) is 8.78 Å². The maximum Gasteiger partial charge on any atom is 0.193 e. The summed E-state index contributed by atoms with van der Waals surface area (Å²) in [4.78, 5) is 9.15. The van der Waals surface area contributed by atoms with E-state index >= 15 is 0 Å². The summed E-state index contributed by atoms with van der Waals surface area (Å²) in [6, 6.07) is 4.67. The summed E-state index contributed by atoms with van der Waals surface area (Å²) in [7, 11) is 1.79. The van der Waals surface area contributed by atoms with E-state index in [0.29, 0.717) is 12.6 Å². The normalized spacial score (nSPS) is 21.8. The van der Waals surface area contributed by atoms with Crippen molar-refractivity contribution in [1.82, 2.24) is 15.1 Å². The molecule has 3 rings (SSSR count). The molecule has 2 heterocycles. The molecular formula is C19H27F2IN4. The summed E-state index contributed by atoms with van der Waals surface area (Å²) in [6.07, 6.45) is 5.58. The third-order valence-electron chi connectivity index (χ3n) is 5.12. The van der Waals surface area contributed by atoms with Gasteiger partial charge in [0.15, 0.2) is 17.6 Å². The molecule has 1 aromatic carbocycles. The Balaban J connectivity index is 0.00000243. The second-order valence-electron chi connectivity index (χ2n) is 6.82. The van der Waals surface area contributed by atoms with Crippen LogP contribution < -0.4 is 5.32 Å². The zero-order valence-corrected chi connectivity index (χ0v) is 17.6. The van der Waals surface area contributed by atoms with Gasteiger partial charge in [0.1, 0.15) is 0 Å². The number of benzene rings is 1. The molecule has 2 atom stereocenters. The molecule has 0 amide bonds. The number of rotatable bonds is 4. The van der Waals surface area contributed by atoms with Gasteiger partial charge in [0.05, 0.1) is 0 Å². The number of guanidine groups is 1. The largest absolute Gasteiger partial charge is 0.356 e. The van der Waals surface area contributed by atoms with Crippen molar-refractivity contribution in [3.63, 3.8) is 0 Å². The highest BCUT2D eigenvalue weighted by molar-refractivity contribution is 14.0. The van der Waals surface area contributed by atoms with Gasteiger partial charge in [-0.3, -0.25) is 9.89 Å². The van der Waals surface area contributed by atoms with Crippen LogP contribution in [0.1, 0.15) is 24.8 Å². The maximum absolute atomic E-state index is 13.4. The molecule has 1 N–H and O–H groups in total. The van der Waals surface area contributed by atoms with Crippen LogP contribution in [-0.2, 0) is 0 Å². The van der Waals surface area contributed by atoms with Crippen LogP contribution in [0.4, 0.5) is 8.78 Å². The maximum atomic E-state index is 13.4. The molecule has 26 heavy (non-hydrogen) atoms. The highest BCUT2D eigenvalue weighted by Crippen LogP contribution is 2.19. The van der Waals surface area contributed by atoms with Crippen molar-refractivity contribution in [1.29, 1.82) is 0 Å². The van der Waals surface area contributed by atoms with Gasteiger partial charge < -0.3 is 10.2 Å². The molecule has 0 radical (unpaired) electrons. The van der Waals surface area contributed by atoms with E-state index in [1.807, 2.05) is 6.92 Å². The number of hydrogen-bond donors (Lipinski definition) is 1. The predicted molar refractivity (Wildman–Crippen MR) is 112 cm³/mol. The van der Waals surface area contributed by atoms with E-state index < -0.39 is 11.6 Å². The second-order valence-corrected chi connectivity index (χ2v) is 6.82. The monoisotopic (exact) mass is 476 g/mol. The average Bonchev–Trinajstić information content (AvgIpc) is 3.29. The Morgan fingerprint density at radius 1 is 1.27 bits per heavy atom. The van der Waals surface area contributed by atoms with Crippen LogP contribution >= 0.6 is 24.0 Å². The summed E-state index contributed by atoms with van der Waals surface area (Å²) in [5.74, 6) is -0.660. The first-order valence-corrected chi connectivity index (χ1v) is 8.88. The van der Waals surface area contributed by atoms with Crippen LogP contribution in [0.15, 0.2) is 35.3 Å². The minimum absolute atomic E-state index is 0. The SMILES string of the molecule is CN=C(NCC(C)c1ccc(F)c(F)c1)N1CCC(N2CC=CC2)C1.I. The molecule has 1 saturated heterocycles. The second kappa shape index (κ2) is 9.64. The van der Waals surface area contributed by atoms with Crippen molar-refractivity contribution < 1.29 is 8.78 Å². The zero-order valence-electron chi connectivity index (χ0n) is 15.3. The highest BCUT2D eigenvalue weighted by Gasteiger charge is 2.29. The molecule has 4 nitrogen and oxygen atoms in total. The number of likely N-dealkylation sites (tertiary alicyclic amines) is 1. The van der Waals surface area contributed by atoms with Crippen LogP contribution in [0.2, 0.25) is 0 Å². The van der Waals surface area contributed by atoms with Gasteiger partial charge in [-0.1, -0.05) is 25.1 Å². The standard InChI is InChI=1S/C19H26F2N4.HI/c1-14(15-5-6-17(20)18(21)11-15)12-23-19(22-2)25-10-7-16(13-25)24-8-3-4-9-24;/h3-6,11,14,16H,7-10,12-13H2,1-2H3,(H,22,23);1H. The number of aliphatic imine (C=N–C) groups is 1. The third-order valence-corrected chi connectivity index (χ3v) is 5.12. The smallest absolute Gasteiger partial charge is 0.193 e. The molecule has 144 valence electrons. The predicted octanol–water partition coefficient (Wildman–Crippen LogP) is 3.21.